The minimum Gasteiger partial charge on any atom is -0.490 e. The van der Waals surface area contributed by atoms with Gasteiger partial charge in [-0.1, -0.05) is 66.2 Å². The number of rotatable bonds is 10. The average molecular weight is 412 g/mol. The van der Waals surface area contributed by atoms with Gasteiger partial charge in [0.1, 0.15) is 6.61 Å². The molecule has 0 aliphatic carbocycles. The van der Waals surface area contributed by atoms with Gasteiger partial charge >= 0.3 is 0 Å². The number of nitrogens with one attached hydrogen (secondary N) is 1. The molecule has 0 radical (unpaired) electrons. The fourth-order valence-corrected chi connectivity index (χ4v) is 3.16. The van der Waals surface area contributed by atoms with Gasteiger partial charge in [-0.15, -0.1) is 0 Å². The van der Waals surface area contributed by atoms with Crippen LogP contribution in [-0.4, -0.2) is 18.3 Å². The first kappa shape index (κ1) is 21.2. The van der Waals surface area contributed by atoms with Crippen molar-refractivity contribution in [3.63, 3.8) is 0 Å². The van der Waals surface area contributed by atoms with Crippen LogP contribution in [0, 0.1) is 0 Å². The molecule has 0 fully saturated rings. The van der Waals surface area contributed by atoms with Crippen molar-refractivity contribution < 1.29 is 14.6 Å². The molecule has 3 aromatic rings. The topological polar surface area (TPSA) is 50.7 Å². The molecule has 0 unspecified atom stereocenters. The summed E-state index contributed by atoms with van der Waals surface area (Å²) in [6, 6.07) is 23.1. The van der Waals surface area contributed by atoms with E-state index in [0.29, 0.717) is 42.8 Å². The van der Waals surface area contributed by atoms with Crippen LogP contribution in [0.4, 0.5) is 0 Å². The molecular formula is C24H26ClNO3. The minimum atomic E-state index is -0.541. The molecule has 0 saturated heterocycles. The highest BCUT2D eigenvalue weighted by Crippen LogP contribution is 2.30. The molecule has 2 N–H and O–H groups in total. The van der Waals surface area contributed by atoms with E-state index < -0.39 is 6.10 Å². The lowest BCUT2D eigenvalue weighted by Crippen LogP contribution is -2.21. The van der Waals surface area contributed by atoms with Gasteiger partial charge in [0.05, 0.1) is 12.7 Å². The highest BCUT2D eigenvalue weighted by atomic mass is 35.5. The second-order valence-electron chi connectivity index (χ2n) is 6.65. The van der Waals surface area contributed by atoms with Gasteiger partial charge in [0.15, 0.2) is 11.5 Å². The van der Waals surface area contributed by atoms with Gasteiger partial charge in [0.2, 0.25) is 0 Å². The van der Waals surface area contributed by atoms with Crippen molar-refractivity contribution in [2.45, 2.75) is 26.2 Å². The third-order valence-electron chi connectivity index (χ3n) is 4.50. The lowest BCUT2D eigenvalue weighted by Gasteiger charge is -2.15. The highest BCUT2D eigenvalue weighted by molar-refractivity contribution is 6.31. The summed E-state index contributed by atoms with van der Waals surface area (Å²) >= 11 is 6.20. The van der Waals surface area contributed by atoms with Crippen LogP contribution in [-0.2, 0) is 13.2 Å². The van der Waals surface area contributed by atoms with E-state index in [4.69, 9.17) is 21.1 Å². The van der Waals surface area contributed by atoms with Crippen molar-refractivity contribution in [3.05, 3.63) is 94.5 Å². The van der Waals surface area contributed by atoms with Crippen LogP contribution in [0.25, 0.3) is 0 Å². The van der Waals surface area contributed by atoms with E-state index in [1.165, 1.54) is 0 Å². The van der Waals surface area contributed by atoms with E-state index in [2.05, 4.69) is 5.32 Å². The smallest absolute Gasteiger partial charge is 0.161 e. The number of aliphatic hydroxyl groups is 1. The van der Waals surface area contributed by atoms with Crippen LogP contribution in [0.2, 0.25) is 5.02 Å². The SMILES string of the molecule is CCOc1cc(CNC[C@@H](O)c2ccccc2)ccc1OCc1ccccc1Cl. The summed E-state index contributed by atoms with van der Waals surface area (Å²) in [7, 11) is 0. The number of ether oxygens (including phenoxy) is 2. The number of benzene rings is 3. The molecule has 29 heavy (non-hydrogen) atoms. The van der Waals surface area contributed by atoms with E-state index >= 15 is 0 Å². The molecule has 0 aromatic heterocycles. The molecule has 0 bridgehead atoms. The third kappa shape index (κ3) is 6.23. The summed E-state index contributed by atoms with van der Waals surface area (Å²) in [5.74, 6) is 1.38. The maximum absolute atomic E-state index is 10.3. The van der Waals surface area contributed by atoms with Crippen LogP contribution in [0.15, 0.2) is 72.8 Å². The Morgan fingerprint density at radius 3 is 2.45 bits per heavy atom. The predicted octanol–water partition coefficient (Wildman–Crippen LogP) is 5.14. The minimum absolute atomic E-state index is 0.376. The Bertz CT molecular complexity index is 902. The molecule has 0 saturated carbocycles. The van der Waals surface area contributed by atoms with Crippen LogP contribution >= 0.6 is 11.6 Å². The van der Waals surface area contributed by atoms with Crippen molar-refractivity contribution in [2.24, 2.45) is 0 Å². The fraction of sp³-hybridized carbons (Fsp3) is 0.250. The molecule has 0 amide bonds. The summed E-state index contributed by atoms with van der Waals surface area (Å²) in [6.45, 7) is 3.96. The predicted molar refractivity (Wildman–Crippen MR) is 117 cm³/mol. The Kier molecular flexibility index (Phi) is 7.94. The Labute approximate surface area is 177 Å². The summed E-state index contributed by atoms with van der Waals surface area (Å²) in [5.41, 5.74) is 2.88. The number of hydrogen-bond acceptors (Lipinski definition) is 4. The normalized spacial score (nSPS) is 11.8. The maximum atomic E-state index is 10.3. The second-order valence-corrected chi connectivity index (χ2v) is 7.06. The summed E-state index contributed by atoms with van der Waals surface area (Å²) in [4.78, 5) is 0. The van der Waals surface area contributed by atoms with E-state index in [9.17, 15) is 5.11 Å². The largest absolute Gasteiger partial charge is 0.490 e. The first-order valence-electron chi connectivity index (χ1n) is 9.73. The summed E-state index contributed by atoms with van der Waals surface area (Å²) in [5, 5.41) is 14.2. The molecule has 0 aliphatic heterocycles. The molecular weight excluding hydrogens is 386 g/mol. The van der Waals surface area contributed by atoms with Crippen LogP contribution < -0.4 is 14.8 Å². The Morgan fingerprint density at radius 1 is 0.931 bits per heavy atom. The zero-order valence-electron chi connectivity index (χ0n) is 16.5. The van der Waals surface area contributed by atoms with Crippen LogP contribution in [0.5, 0.6) is 11.5 Å². The van der Waals surface area contributed by atoms with E-state index in [1.54, 1.807) is 0 Å². The zero-order valence-corrected chi connectivity index (χ0v) is 17.2. The van der Waals surface area contributed by atoms with Gasteiger partial charge in [-0.3, -0.25) is 0 Å². The lowest BCUT2D eigenvalue weighted by molar-refractivity contribution is 0.174. The first-order valence-corrected chi connectivity index (χ1v) is 10.1. The van der Waals surface area contributed by atoms with Crippen molar-refractivity contribution in [2.75, 3.05) is 13.2 Å². The van der Waals surface area contributed by atoms with Gasteiger partial charge in [0, 0.05) is 23.7 Å². The van der Waals surface area contributed by atoms with Crippen LogP contribution in [0.1, 0.15) is 29.7 Å². The summed E-state index contributed by atoms with van der Waals surface area (Å²) < 4.78 is 11.7. The van der Waals surface area contributed by atoms with Crippen molar-refractivity contribution in [3.8, 4) is 11.5 Å². The standard InChI is InChI=1S/C24H26ClNO3/c1-2-28-24-14-18(15-26-16-22(27)19-8-4-3-5-9-19)12-13-23(24)29-17-20-10-6-7-11-21(20)25/h3-14,22,26-27H,2,15-17H2,1H3/t22-/m1/s1. The van der Waals surface area contributed by atoms with Crippen molar-refractivity contribution in [1.82, 2.24) is 5.32 Å². The van der Waals surface area contributed by atoms with Crippen molar-refractivity contribution in [1.29, 1.82) is 0 Å². The van der Waals surface area contributed by atoms with Gasteiger partial charge in [0.25, 0.3) is 0 Å². The number of aliphatic hydroxyl groups excluding tert-OH is 1. The second kappa shape index (κ2) is 10.9. The fourth-order valence-electron chi connectivity index (χ4n) is 2.97. The Balaban J connectivity index is 1.59. The molecule has 1 atom stereocenters. The monoisotopic (exact) mass is 411 g/mol. The molecule has 0 heterocycles. The first-order chi connectivity index (χ1) is 14.2. The van der Waals surface area contributed by atoms with Crippen LogP contribution in [0.3, 0.4) is 0 Å². The third-order valence-corrected chi connectivity index (χ3v) is 4.87. The Morgan fingerprint density at radius 2 is 1.69 bits per heavy atom. The molecule has 3 aromatic carbocycles. The Hall–Kier alpha value is -2.53. The van der Waals surface area contributed by atoms with Gasteiger partial charge < -0.3 is 19.9 Å². The molecule has 152 valence electrons. The molecule has 4 nitrogen and oxygen atoms in total. The molecule has 0 spiro atoms. The van der Waals surface area contributed by atoms with E-state index in [1.807, 2.05) is 79.7 Å². The average Bonchev–Trinajstić information content (AvgIpc) is 2.75. The van der Waals surface area contributed by atoms with Gasteiger partial charge in [-0.2, -0.15) is 0 Å². The summed E-state index contributed by atoms with van der Waals surface area (Å²) in [6.07, 6.45) is -0.541. The van der Waals surface area contributed by atoms with Crippen molar-refractivity contribution >= 4 is 11.6 Å². The maximum Gasteiger partial charge on any atom is 0.161 e. The molecule has 5 heteroatoms. The van der Waals surface area contributed by atoms with Gasteiger partial charge in [-0.05, 0) is 36.2 Å². The lowest BCUT2D eigenvalue weighted by atomic mass is 10.1. The van der Waals surface area contributed by atoms with E-state index in [0.717, 1.165) is 16.7 Å². The zero-order chi connectivity index (χ0) is 20.5. The quantitative estimate of drug-likeness (QED) is 0.485. The van der Waals surface area contributed by atoms with Gasteiger partial charge in [-0.25, -0.2) is 0 Å². The number of hydrogen-bond donors (Lipinski definition) is 2. The highest BCUT2D eigenvalue weighted by Gasteiger charge is 2.10. The number of halogens is 1. The molecule has 0 aliphatic rings. The van der Waals surface area contributed by atoms with E-state index in [-0.39, 0.29) is 0 Å². The molecule has 3 rings (SSSR count).